The summed E-state index contributed by atoms with van der Waals surface area (Å²) in [5.74, 6) is -0.182. The third-order valence-corrected chi connectivity index (χ3v) is 3.31. The van der Waals surface area contributed by atoms with E-state index in [9.17, 15) is 9.59 Å². The Bertz CT molecular complexity index is 430. The lowest BCUT2D eigenvalue weighted by atomic mass is 9.88. The minimum absolute atomic E-state index is 0.173. The van der Waals surface area contributed by atoms with Crippen LogP contribution in [0, 0.1) is 11.8 Å². The van der Waals surface area contributed by atoms with Crippen LogP contribution in [0.25, 0.3) is 0 Å². The number of amides is 2. The molecular weight excluding hydrogens is 262 g/mol. The van der Waals surface area contributed by atoms with Gasteiger partial charge in [0.15, 0.2) is 0 Å². The molecule has 1 atom stereocenters. The van der Waals surface area contributed by atoms with E-state index < -0.39 is 0 Å². The predicted octanol–water partition coefficient (Wildman–Crippen LogP) is 4.17. The Labute approximate surface area is 129 Å². The molecule has 1 aliphatic rings. The highest BCUT2D eigenvalue weighted by molar-refractivity contribution is 6.00. The summed E-state index contributed by atoms with van der Waals surface area (Å²) in [6.45, 7) is 14.2. The van der Waals surface area contributed by atoms with Gasteiger partial charge in [0, 0.05) is 6.42 Å². The van der Waals surface area contributed by atoms with Crippen LogP contribution in [0.4, 0.5) is 0 Å². The average molecular weight is 291 g/mol. The molecule has 1 unspecified atom stereocenters. The summed E-state index contributed by atoms with van der Waals surface area (Å²) in [6, 6.07) is 0. The molecule has 0 radical (unpaired) electrons. The summed E-state index contributed by atoms with van der Waals surface area (Å²) in [5, 5.41) is 2.40. The maximum Gasteiger partial charge on any atom is 0.234 e. The normalized spacial score (nSPS) is 19.3. The second-order valence-corrected chi connectivity index (χ2v) is 5.18. The van der Waals surface area contributed by atoms with Gasteiger partial charge in [0.25, 0.3) is 0 Å². The molecule has 1 aliphatic heterocycles. The number of hydrogen-bond donors (Lipinski definition) is 1. The quantitative estimate of drug-likeness (QED) is 0.610. The van der Waals surface area contributed by atoms with E-state index in [1.54, 1.807) is 0 Å². The SMILES string of the molecule is C=C(/C=C\C(=C/CC)C1CCC(=O)NC1=O)C(C)C.CC. The molecule has 1 heterocycles. The highest BCUT2D eigenvalue weighted by atomic mass is 16.2. The van der Waals surface area contributed by atoms with E-state index in [0.717, 1.165) is 17.6 Å². The first-order valence-electron chi connectivity index (χ1n) is 7.86. The van der Waals surface area contributed by atoms with Gasteiger partial charge in [-0.25, -0.2) is 0 Å². The van der Waals surface area contributed by atoms with E-state index >= 15 is 0 Å². The Kier molecular flexibility index (Phi) is 9.35. The molecule has 2 amide bonds. The number of carbonyl (C=O) groups is 2. The number of carbonyl (C=O) groups excluding carboxylic acids is 2. The third kappa shape index (κ3) is 6.56. The zero-order valence-electron chi connectivity index (χ0n) is 14.0. The van der Waals surface area contributed by atoms with Gasteiger partial charge in [-0.05, 0) is 24.3 Å². The van der Waals surface area contributed by atoms with E-state index in [1.807, 2.05) is 39.0 Å². The van der Waals surface area contributed by atoms with Crippen LogP contribution in [-0.4, -0.2) is 11.8 Å². The molecule has 1 fully saturated rings. The van der Waals surface area contributed by atoms with Gasteiger partial charge in [-0.1, -0.05) is 65.0 Å². The lowest BCUT2D eigenvalue weighted by molar-refractivity contribution is -0.135. The molecule has 1 N–H and O–H groups in total. The molecule has 3 nitrogen and oxygen atoms in total. The topological polar surface area (TPSA) is 46.2 Å². The fourth-order valence-electron chi connectivity index (χ4n) is 1.97. The van der Waals surface area contributed by atoms with Crippen molar-refractivity contribution in [3.8, 4) is 0 Å². The van der Waals surface area contributed by atoms with Crippen molar-refractivity contribution in [2.75, 3.05) is 0 Å². The molecule has 1 rings (SSSR count). The molecule has 0 aromatic rings. The molecule has 0 aliphatic carbocycles. The largest absolute Gasteiger partial charge is 0.296 e. The number of allylic oxidation sites excluding steroid dienone is 4. The molecular formula is C18H29NO2. The minimum atomic E-state index is -0.214. The van der Waals surface area contributed by atoms with Crippen molar-refractivity contribution in [3.63, 3.8) is 0 Å². The maximum absolute atomic E-state index is 11.9. The van der Waals surface area contributed by atoms with E-state index in [-0.39, 0.29) is 17.7 Å². The van der Waals surface area contributed by atoms with Gasteiger partial charge < -0.3 is 0 Å². The van der Waals surface area contributed by atoms with Crippen molar-refractivity contribution in [1.29, 1.82) is 0 Å². The summed E-state index contributed by atoms with van der Waals surface area (Å²) in [4.78, 5) is 23.0. The molecule has 1 saturated heterocycles. The maximum atomic E-state index is 11.9. The number of imide groups is 1. The summed E-state index contributed by atoms with van der Waals surface area (Å²) in [6.07, 6.45) is 7.85. The summed E-state index contributed by atoms with van der Waals surface area (Å²) >= 11 is 0. The monoisotopic (exact) mass is 291 g/mol. The van der Waals surface area contributed by atoms with Gasteiger partial charge in [-0.3, -0.25) is 14.9 Å². The number of piperidine rings is 1. The van der Waals surface area contributed by atoms with Crippen LogP contribution >= 0.6 is 0 Å². The Morgan fingerprint density at radius 3 is 2.43 bits per heavy atom. The first kappa shape index (κ1) is 19.4. The second kappa shape index (κ2) is 10.1. The predicted molar refractivity (Wildman–Crippen MR) is 88.7 cm³/mol. The van der Waals surface area contributed by atoms with Gasteiger partial charge >= 0.3 is 0 Å². The molecule has 3 heteroatoms. The zero-order valence-corrected chi connectivity index (χ0v) is 14.0. The number of nitrogens with one attached hydrogen (secondary N) is 1. The molecule has 0 spiro atoms. The van der Waals surface area contributed by atoms with Gasteiger partial charge in [0.1, 0.15) is 0 Å². The van der Waals surface area contributed by atoms with Gasteiger partial charge in [-0.15, -0.1) is 0 Å². The van der Waals surface area contributed by atoms with Crippen LogP contribution in [0.1, 0.15) is 53.9 Å². The standard InChI is InChI=1S/C16H23NO2.C2H6/c1-5-6-13(8-7-12(4)11(2)3)14-9-10-15(18)17-16(14)19;1-2/h6-8,11,14H,4-5,9-10H2,1-3H3,(H,17,18,19);1-2H3/b8-7-,13-6+;. The highest BCUT2D eigenvalue weighted by Crippen LogP contribution is 2.23. The van der Waals surface area contributed by atoms with E-state index in [2.05, 4.69) is 25.7 Å². The van der Waals surface area contributed by atoms with Crippen molar-refractivity contribution in [3.05, 3.63) is 36.0 Å². The van der Waals surface area contributed by atoms with E-state index in [0.29, 0.717) is 18.8 Å². The van der Waals surface area contributed by atoms with Crippen LogP contribution in [-0.2, 0) is 9.59 Å². The molecule has 0 aromatic heterocycles. The van der Waals surface area contributed by atoms with Crippen LogP contribution in [0.5, 0.6) is 0 Å². The Balaban J connectivity index is 0.00000191. The zero-order chi connectivity index (χ0) is 16.4. The Morgan fingerprint density at radius 1 is 1.33 bits per heavy atom. The van der Waals surface area contributed by atoms with Crippen molar-refractivity contribution >= 4 is 11.8 Å². The Morgan fingerprint density at radius 2 is 1.95 bits per heavy atom. The van der Waals surface area contributed by atoms with Crippen LogP contribution in [0.2, 0.25) is 0 Å². The smallest absolute Gasteiger partial charge is 0.234 e. The fraction of sp³-hybridized carbons (Fsp3) is 0.556. The van der Waals surface area contributed by atoms with Crippen LogP contribution < -0.4 is 5.32 Å². The molecule has 0 saturated carbocycles. The summed E-state index contributed by atoms with van der Waals surface area (Å²) in [7, 11) is 0. The van der Waals surface area contributed by atoms with Crippen molar-refractivity contribution in [2.45, 2.75) is 53.9 Å². The molecule has 21 heavy (non-hydrogen) atoms. The third-order valence-electron chi connectivity index (χ3n) is 3.31. The van der Waals surface area contributed by atoms with Crippen molar-refractivity contribution in [2.24, 2.45) is 11.8 Å². The van der Waals surface area contributed by atoms with Crippen molar-refractivity contribution in [1.82, 2.24) is 5.32 Å². The first-order chi connectivity index (χ1) is 9.95. The average Bonchev–Trinajstić information content (AvgIpc) is 2.45. The van der Waals surface area contributed by atoms with Crippen LogP contribution in [0.3, 0.4) is 0 Å². The van der Waals surface area contributed by atoms with E-state index in [4.69, 9.17) is 0 Å². The first-order valence-corrected chi connectivity index (χ1v) is 7.86. The number of rotatable bonds is 5. The number of hydrogen-bond acceptors (Lipinski definition) is 2. The van der Waals surface area contributed by atoms with Gasteiger partial charge in [0.05, 0.1) is 5.92 Å². The lowest BCUT2D eigenvalue weighted by Crippen LogP contribution is -2.41. The van der Waals surface area contributed by atoms with E-state index in [1.165, 1.54) is 0 Å². The summed E-state index contributed by atoms with van der Waals surface area (Å²) in [5.41, 5.74) is 2.02. The lowest BCUT2D eigenvalue weighted by Gasteiger charge is -2.22. The minimum Gasteiger partial charge on any atom is -0.296 e. The van der Waals surface area contributed by atoms with Crippen molar-refractivity contribution < 1.29 is 9.59 Å². The summed E-state index contributed by atoms with van der Waals surface area (Å²) < 4.78 is 0. The Hall–Kier alpha value is -1.64. The molecule has 0 bridgehead atoms. The molecule has 118 valence electrons. The fourth-order valence-corrected chi connectivity index (χ4v) is 1.97. The van der Waals surface area contributed by atoms with Crippen LogP contribution in [0.15, 0.2) is 36.0 Å². The second-order valence-electron chi connectivity index (χ2n) is 5.18. The molecule has 0 aromatic carbocycles. The van der Waals surface area contributed by atoms with Gasteiger partial charge in [-0.2, -0.15) is 0 Å². The highest BCUT2D eigenvalue weighted by Gasteiger charge is 2.28. The van der Waals surface area contributed by atoms with Gasteiger partial charge in [0.2, 0.25) is 11.8 Å².